The molecule has 4 nitrogen and oxygen atoms in total. The Hall–Kier alpha value is -2.03. The normalized spacial score (nSPS) is 14.3. The number of nitrogens with one attached hydrogen (secondary N) is 1. The first-order valence-electron chi connectivity index (χ1n) is 7.61. The molecule has 1 heterocycles. The Bertz CT molecular complexity index is 703. The molecule has 0 aromatic heterocycles. The Labute approximate surface area is 144 Å². The molecule has 1 aliphatic rings. The number of anilines is 2. The fourth-order valence-electron chi connectivity index (χ4n) is 2.65. The lowest BCUT2D eigenvalue weighted by Crippen LogP contribution is -2.36. The highest BCUT2D eigenvalue weighted by atomic mass is 79.9. The number of morpholine rings is 1. The largest absolute Gasteiger partial charge is 0.381 e. The average Bonchev–Trinajstić information content (AvgIpc) is 2.62. The maximum absolute atomic E-state index is 8.85. The van der Waals surface area contributed by atoms with E-state index >= 15 is 0 Å². The van der Waals surface area contributed by atoms with Crippen LogP contribution < -0.4 is 10.2 Å². The monoisotopic (exact) mass is 371 g/mol. The molecule has 3 rings (SSSR count). The maximum Gasteiger partial charge on any atom is 0.0991 e. The van der Waals surface area contributed by atoms with Crippen LogP contribution in [-0.4, -0.2) is 26.3 Å². The van der Waals surface area contributed by atoms with Crippen LogP contribution in [0.15, 0.2) is 46.9 Å². The van der Waals surface area contributed by atoms with Gasteiger partial charge in [0, 0.05) is 35.5 Å². The van der Waals surface area contributed by atoms with E-state index in [9.17, 15) is 0 Å². The van der Waals surface area contributed by atoms with Crippen LogP contribution in [0.3, 0.4) is 0 Å². The van der Waals surface area contributed by atoms with Gasteiger partial charge in [0.2, 0.25) is 0 Å². The lowest BCUT2D eigenvalue weighted by atomic mass is 10.1. The second-order valence-electron chi connectivity index (χ2n) is 5.42. The summed E-state index contributed by atoms with van der Waals surface area (Å²) in [6, 6.07) is 16.0. The van der Waals surface area contributed by atoms with E-state index in [1.54, 1.807) is 0 Å². The van der Waals surface area contributed by atoms with Crippen LogP contribution in [-0.2, 0) is 11.3 Å². The van der Waals surface area contributed by atoms with Gasteiger partial charge in [-0.2, -0.15) is 5.26 Å². The van der Waals surface area contributed by atoms with Gasteiger partial charge in [-0.05, 0) is 42.0 Å². The van der Waals surface area contributed by atoms with Gasteiger partial charge in [-0.1, -0.05) is 22.0 Å². The predicted octanol–water partition coefficient (Wildman–Crippen LogP) is 3.77. The molecule has 2 aromatic carbocycles. The van der Waals surface area contributed by atoms with Crippen LogP contribution in [0.5, 0.6) is 0 Å². The summed E-state index contributed by atoms with van der Waals surface area (Å²) in [5.41, 5.74) is 4.18. The molecule has 23 heavy (non-hydrogen) atoms. The first-order chi connectivity index (χ1) is 11.3. The first kappa shape index (κ1) is 15.9. The highest BCUT2D eigenvalue weighted by molar-refractivity contribution is 9.10. The zero-order chi connectivity index (χ0) is 16.1. The Kier molecular flexibility index (Phi) is 5.16. The summed E-state index contributed by atoms with van der Waals surface area (Å²) in [6.07, 6.45) is 0. The highest BCUT2D eigenvalue weighted by Crippen LogP contribution is 2.27. The Morgan fingerprint density at radius 2 is 1.87 bits per heavy atom. The fraction of sp³-hybridized carbons (Fsp3) is 0.278. The van der Waals surface area contributed by atoms with Gasteiger partial charge in [-0.15, -0.1) is 0 Å². The summed E-state index contributed by atoms with van der Waals surface area (Å²) in [5.74, 6) is 0. The summed E-state index contributed by atoms with van der Waals surface area (Å²) in [4.78, 5) is 2.37. The molecule has 1 N–H and O–H groups in total. The molecule has 0 aliphatic carbocycles. The smallest absolute Gasteiger partial charge is 0.0991 e. The second kappa shape index (κ2) is 7.49. The van der Waals surface area contributed by atoms with Gasteiger partial charge in [0.1, 0.15) is 0 Å². The summed E-state index contributed by atoms with van der Waals surface area (Å²) < 4.78 is 6.53. The van der Waals surface area contributed by atoms with E-state index in [0.29, 0.717) is 5.56 Å². The van der Waals surface area contributed by atoms with Crippen LogP contribution in [0.25, 0.3) is 0 Å². The minimum absolute atomic E-state index is 0.674. The minimum atomic E-state index is 0.674. The van der Waals surface area contributed by atoms with E-state index in [0.717, 1.165) is 43.0 Å². The highest BCUT2D eigenvalue weighted by Gasteiger charge is 2.15. The van der Waals surface area contributed by atoms with Crippen molar-refractivity contribution in [3.8, 4) is 6.07 Å². The van der Waals surface area contributed by atoms with Crippen molar-refractivity contribution in [3.05, 3.63) is 58.1 Å². The number of nitrogens with zero attached hydrogens (tertiary/aromatic N) is 2. The number of benzene rings is 2. The number of rotatable bonds is 4. The van der Waals surface area contributed by atoms with Crippen molar-refractivity contribution < 1.29 is 4.74 Å². The van der Waals surface area contributed by atoms with E-state index < -0.39 is 0 Å². The van der Waals surface area contributed by atoms with Crippen molar-refractivity contribution in [1.29, 1.82) is 5.26 Å². The molecule has 0 bridgehead atoms. The van der Waals surface area contributed by atoms with Gasteiger partial charge >= 0.3 is 0 Å². The van der Waals surface area contributed by atoms with Crippen molar-refractivity contribution >= 4 is 27.3 Å². The number of nitriles is 1. The summed E-state index contributed by atoms with van der Waals surface area (Å²) in [6.45, 7) is 4.12. The molecule has 2 aromatic rings. The average molecular weight is 372 g/mol. The minimum Gasteiger partial charge on any atom is -0.381 e. The predicted molar refractivity (Wildman–Crippen MR) is 95.7 cm³/mol. The Morgan fingerprint density at radius 3 is 2.57 bits per heavy atom. The van der Waals surface area contributed by atoms with Crippen LogP contribution in [0.2, 0.25) is 0 Å². The molecule has 0 spiro atoms. The number of hydrogen-bond donors (Lipinski definition) is 1. The molecule has 1 fully saturated rings. The van der Waals surface area contributed by atoms with E-state index in [1.807, 2.05) is 24.3 Å². The van der Waals surface area contributed by atoms with Crippen molar-refractivity contribution in [2.45, 2.75) is 6.54 Å². The molecule has 1 saturated heterocycles. The molecule has 0 amide bonds. The van der Waals surface area contributed by atoms with Gasteiger partial charge in [-0.3, -0.25) is 0 Å². The first-order valence-corrected chi connectivity index (χ1v) is 8.41. The Balaban J connectivity index is 1.74. The quantitative estimate of drug-likeness (QED) is 0.888. The fourth-order valence-corrected chi connectivity index (χ4v) is 2.99. The molecule has 0 atom stereocenters. The molecule has 118 valence electrons. The molecular formula is C18H18BrN3O. The van der Waals surface area contributed by atoms with Crippen LogP contribution in [0.1, 0.15) is 11.1 Å². The van der Waals surface area contributed by atoms with Gasteiger partial charge in [-0.25, -0.2) is 0 Å². The zero-order valence-corrected chi connectivity index (χ0v) is 14.3. The Morgan fingerprint density at radius 1 is 1.13 bits per heavy atom. The SMILES string of the molecule is N#Cc1ccc(NCc2ccc(Br)cc2N2CCOCC2)cc1. The second-order valence-corrected chi connectivity index (χ2v) is 6.33. The van der Waals surface area contributed by atoms with Gasteiger partial charge < -0.3 is 15.0 Å². The van der Waals surface area contributed by atoms with E-state index in [2.05, 4.69) is 50.4 Å². The van der Waals surface area contributed by atoms with Crippen molar-refractivity contribution in [2.75, 3.05) is 36.5 Å². The van der Waals surface area contributed by atoms with Crippen molar-refractivity contribution in [1.82, 2.24) is 0 Å². The molecule has 0 saturated carbocycles. The van der Waals surface area contributed by atoms with E-state index in [1.165, 1.54) is 11.3 Å². The number of halogens is 1. The lowest BCUT2D eigenvalue weighted by Gasteiger charge is -2.31. The number of ether oxygens (including phenoxy) is 1. The van der Waals surface area contributed by atoms with Crippen molar-refractivity contribution in [3.63, 3.8) is 0 Å². The van der Waals surface area contributed by atoms with Gasteiger partial charge in [0.15, 0.2) is 0 Å². The number of hydrogen-bond acceptors (Lipinski definition) is 4. The summed E-state index contributed by atoms with van der Waals surface area (Å²) in [7, 11) is 0. The van der Waals surface area contributed by atoms with Gasteiger partial charge in [0.25, 0.3) is 0 Å². The molecule has 0 unspecified atom stereocenters. The van der Waals surface area contributed by atoms with Crippen molar-refractivity contribution in [2.24, 2.45) is 0 Å². The third-order valence-corrected chi connectivity index (χ3v) is 4.39. The standard InChI is InChI=1S/C18H18BrN3O/c19-16-4-3-15(18(11-16)22-7-9-23-10-8-22)13-21-17-5-1-14(12-20)2-6-17/h1-6,11,21H,7-10,13H2. The third kappa shape index (κ3) is 4.04. The lowest BCUT2D eigenvalue weighted by molar-refractivity contribution is 0.122. The van der Waals surface area contributed by atoms with Crippen LogP contribution in [0.4, 0.5) is 11.4 Å². The van der Waals surface area contributed by atoms with E-state index in [4.69, 9.17) is 10.00 Å². The topological polar surface area (TPSA) is 48.3 Å². The summed E-state index contributed by atoms with van der Waals surface area (Å²) in [5, 5.41) is 12.3. The molecule has 1 aliphatic heterocycles. The van der Waals surface area contributed by atoms with E-state index in [-0.39, 0.29) is 0 Å². The molecule has 0 radical (unpaired) electrons. The van der Waals surface area contributed by atoms with Gasteiger partial charge in [0.05, 0.1) is 24.8 Å². The third-order valence-electron chi connectivity index (χ3n) is 3.90. The molecule has 5 heteroatoms. The summed E-state index contributed by atoms with van der Waals surface area (Å²) >= 11 is 3.57. The van der Waals surface area contributed by atoms with Crippen LogP contribution in [0, 0.1) is 11.3 Å². The molecular weight excluding hydrogens is 354 g/mol. The van der Waals surface area contributed by atoms with Crippen LogP contribution >= 0.6 is 15.9 Å². The maximum atomic E-state index is 8.85. The zero-order valence-electron chi connectivity index (χ0n) is 12.8.